The zero-order valence-electron chi connectivity index (χ0n) is 13.4. The van der Waals surface area contributed by atoms with Crippen LogP contribution in [0.4, 0.5) is 13.2 Å². The van der Waals surface area contributed by atoms with Crippen LogP contribution in [0.1, 0.15) is 11.1 Å². The molecule has 0 spiro atoms. The molecule has 0 saturated carbocycles. The second-order valence-corrected chi connectivity index (χ2v) is 5.91. The van der Waals surface area contributed by atoms with Gasteiger partial charge in [0.2, 0.25) is 0 Å². The molecule has 126 valence electrons. The van der Waals surface area contributed by atoms with Crippen molar-refractivity contribution in [3.63, 3.8) is 0 Å². The minimum atomic E-state index is -4.45. The number of benzene rings is 3. The summed E-state index contributed by atoms with van der Waals surface area (Å²) in [7, 11) is 0. The molecule has 0 unspecified atom stereocenters. The van der Waals surface area contributed by atoms with Crippen molar-refractivity contribution in [3.05, 3.63) is 78.0 Å². The Labute approximate surface area is 147 Å². The second kappa shape index (κ2) is 5.85. The third-order valence-electron chi connectivity index (χ3n) is 4.37. The molecule has 0 radical (unpaired) electrons. The van der Waals surface area contributed by atoms with Gasteiger partial charge < -0.3 is 0 Å². The van der Waals surface area contributed by atoms with Gasteiger partial charge in [0.1, 0.15) is 0 Å². The van der Waals surface area contributed by atoms with Gasteiger partial charge in [-0.1, -0.05) is 36.4 Å². The molecule has 0 aliphatic carbocycles. The second-order valence-electron chi connectivity index (χ2n) is 5.91. The van der Waals surface area contributed by atoms with E-state index in [4.69, 9.17) is 0 Å². The van der Waals surface area contributed by atoms with Crippen LogP contribution in [-0.2, 0) is 6.18 Å². The summed E-state index contributed by atoms with van der Waals surface area (Å²) in [6.07, 6.45) is -3.08. The fourth-order valence-corrected chi connectivity index (χ4v) is 3.22. The van der Waals surface area contributed by atoms with E-state index in [1.54, 1.807) is 12.1 Å². The number of fused-ring (bicyclic) bond motifs is 2. The minimum Gasteiger partial charge on any atom is -0.256 e. The monoisotopic (exact) mass is 348 g/mol. The Kier molecular flexibility index (Phi) is 3.62. The van der Waals surface area contributed by atoms with Gasteiger partial charge in [0, 0.05) is 17.1 Å². The Morgan fingerprint density at radius 3 is 2.38 bits per heavy atom. The molecule has 0 amide bonds. The van der Waals surface area contributed by atoms with Crippen molar-refractivity contribution in [1.29, 1.82) is 5.26 Å². The molecule has 5 heteroatoms. The van der Waals surface area contributed by atoms with Crippen LogP contribution in [0.15, 0.2) is 66.9 Å². The Morgan fingerprint density at radius 1 is 0.846 bits per heavy atom. The molecule has 0 aliphatic rings. The quantitative estimate of drug-likeness (QED) is 0.426. The zero-order valence-corrected chi connectivity index (χ0v) is 13.4. The molecule has 1 aromatic heterocycles. The summed E-state index contributed by atoms with van der Waals surface area (Å²) in [5.74, 6) is 0. The number of hydrogen-bond acceptors (Lipinski definition) is 2. The molecule has 4 rings (SSSR count). The Bertz CT molecular complexity index is 1190. The zero-order chi connectivity index (χ0) is 18.3. The van der Waals surface area contributed by atoms with Crippen LogP contribution in [0.3, 0.4) is 0 Å². The highest BCUT2D eigenvalue weighted by molar-refractivity contribution is 6.00. The first-order valence-corrected chi connectivity index (χ1v) is 7.87. The average Bonchev–Trinajstić information content (AvgIpc) is 2.65. The largest absolute Gasteiger partial charge is 0.417 e. The highest BCUT2D eigenvalue weighted by Crippen LogP contribution is 2.38. The summed E-state index contributed by atoms with van der Waals surface area (Å²) in [6.45, 7) is 0. The van der Waals surface area contributed by atoms with Gasteiger partial charge in [-0.05, 0) is 40.4 Å². The first-order valence-electron chi connectivity index (χ1n) is 7.87. The molecule has 1 heterocycles. The number of halogens is 3. The number of rotatable bonds is 1. The van der Waals surface area contributed by atoms with Gasteiger partial charge in [-0.3, -0.25) is 4.98 Å². The van der Waals surface area contributed by atoms with Crippen molar-refractivity contribution in [2.24, 2.45) is 0 Å². The number of nitrogens with zero attached hydrogens (tertiary/aromatic N) is 2. The van der Waals surface area contributed by atoms with Crippen LogP contribution in [0.25, 0.3) is 32.8 Å². The first kappa shape index (κ1) is 16.1. The number of aromatic nitrogens is 1. The van der Waals surface area contributed by atoms with Crippen LogP contribution in [0, 0.1) is 11.3 Å². The van der Waals surface area contributed by atoms with Gasteiger partial charge in [-0.15, -0.1) is 0 Å². The van der Waals surface area contributed by atoms with Gasteiger partial charge in [-0.25, -0.2) is 0 Å². The molecule has 0 atom stereocenters. The van der Waals surface area contributed by atoms with Crippen molar-refractivity contribution in [3.8, 4) is 17.3 Å². The summed E-state index contributed by atoms with van der Waals surface area (Å²) >= 11 is 0. The molecule has 0 N–H and O–H groups in total. The molecule has 26 heavy (non-hydrogen) atoms. The topological polar surface area (TPSA) is 36.7 Å². The Balaban J connectivity index is 2.05. The molecule has 0 saturated heterocycles. The Morgan fingerprint density at radius 2 is 1.62 bits per heavy atom. The summed E-state index contributed by atoms with van der Waals surface area (Å²) in [5.41, 5.74) is 0.810. The van der Waals surface area contributed by atoms with Gasteiger partial charge in [0.15, 0.2) is 0 Å². The first-order chi connectivity index (χ1) is 12.5. The lowest BCUT2D eigenvalue weighted by Gasteiger charge is -2.13. The van der Waals surface area contributed by atoms with E-state index in [2.05, 4.69) is 11.1 Å². The number of hydrogen-bond donors (Lipinski definition) is 0. The number of pyridine rings is 1. The Hall–Kier alpha value is -3.39. The van der Waals surface area contributed by atoms with E-state index in [0.717, 1.165) is 16.8 Å². The number of nitriles is 1. The van der Waals surface area contributed by atoms with E-state index in [0.29, 0.717) is 22.2 Å². The third-order valence-corrected chi connectivity index (χ3v) is 4.37. The van der Waals surface area contributed by atoms with E-state index in [1.807, 2.05) is 30.3 Å². The fourth-order valence-electron chi connectivity index (χ4n) is 3.22. The van der Waals surface area contributed by atoms with E-state index >= 15 is 0 Å². The molecular formula is C21H11F3N2. The average molecular weight is 348 g/mol. The summed E-state index contributed by atoms with van der Waals surface area (Å²) in [4.78, 5) is 4.31. The van der Waals surface area contributed by atoms with Gasteiger partial charge in [0.25, 0.3) is 0 Å². The smallest absolute Gasteiger partial charge is 0.256 e. The van der Waals surface area contributed by atoms with Crippen LogP contribution < -0.4 is 0 Å². The minimum absolute atomic E-state index is 0.0941. The molecule has 4 aromatic rings. The lowest BCUT2D eigenvalue weighted by atomic mass is 9.96. The van der Waals surface area contributed by atoms with Gasteiger partial charge >= 0.3 is 6.18 Å². The summed E-state index contributed by atoms with van der Waals surface area (Å²) in [5, 5.41) is 11.6. The highest BCUT2D eigenvalue weighted by Gasteiger charge is 2.32. The van der Waals surface area contributed by atoms with E-state index in [9.17, 15) is 18.4 Å². The van der Waals surface area contributed by atoms with E-state index in [1.165, 1.54) is 18.3 Å². The SMILES string of the molecule is N#Cc1cc(-c2nccc3c(C(F)(F)F)cccc23)cc2ccccc12. The maximum Gasteiger partial charge on any atom is 0.417 e. The van der Waals surface area contributed by atoms with Gasteiger partial charge in [-0.2, -0.15) is 18.4 Å². The van der Waals surface area contributed by atoms with E-state index in [-0.39, 0.29) is 5.39 Å². The van der Waals surface area contributed by atoms with Gasteiger partial charge in [0.05, 0.1) is 22.9 Å². The summed E-state index contributed by atoms with van der Waals surface area (Å²) < 4.78 is 39.9. The van der Waals surface area contributed by atoms with Crippen molar-refractivity contribution < 1.29 is 13.2 Å². The van der Waals surface area contributed by atoms with Crippen LogP contribution in [-0.4, -0.2) is 4.98 Å². The maximum atomic E-state index is 13.3. The maximum absolute atomic E-state index is 13.3. The molecule has 3 aromatic carbocycles. The van der Waals surface area contributed by atoms with Crippen molar-refractivity contribution in [2.75, 3.05) is 0 Å². The molecule has 0 bridgehead atoms. The van der Waals surface area contributed by atoms with Crippen molar-refractivity contribution >= 4 is 21.5 Å². The molecule has 0 aliphatic heterocycles. The van der Waals surface area contributed by atoms with Crippen LogP contribution in [0.2, 0.25) is 0 Å². The predicted molar refractivity (Wildman–Crippen MR) is 94.4 cm³/mol. The van der Waals surface area contributed by atoms with E-state index < -0.39 is 11.7 Å². The van der Waals surface area contributed by atoms with Crippen molar-refractivity contribution in [2.45, 2.75) is 6.18 Å². The highest BCUT2D eigenvalue weighted by atomic mass is 19.4. The van der Waals surface area contributed by atoms with Crippen molar-refractivity contribution in [1.82, 2.24) is 4.98 Å². The normalized spacial score (nSPS) is 11.6. The standard InChI is InChI=1S/C21H11F3N2/c22-21(23,24)19-7-3-6-18-17(19)8-9-26-20(18)14-10-13-4-1-2-5-16(13)15(11-14)12-25/h1-11H. The molecule has 0 fully saturated rings. The summed E-state index contributed by atoms with van der Waals surface area (Å²) in [6, 6.07) is 18.5. The molecule has 2 nitrogen and oxygen atoms in total. The number of alkyl halides is 3. The fraction of sp³-hybridized carbons (Fsp3) is 0.0476. The molecular weight excluding hydrogens is 337 g/mol. The predicted octanol–water partition coefficient (Wildman–Crippen LogP) is 5.95. The van der Waals surface area contributed by atoms with Crippen LogP contribution >= 0.6 is 0 Å². The lowest BCUT2D eigenvalue weighted by Crippen LogP contribution is -2.05. The third kappa shape index (κ3) is 2.56. The lowest BCUT2D eigenvalue weighted by molar-refractivity contribution is -0.136. The van der Waals surface area contributed by atoms with Crippen LogP contribution in [0.5, 0.6) is 0 Å².